The molecule has 4 heteroatoms. The zero-order chi connectivity index (χ0) is 13.1. The third-order valence-corrected chi connectivity index (χ3v) is 2.90. The molecular formula is C14H12ClF2N. The first-order chi connectivity index (χ1) is 8.61. The number of nitrogens with one attached hydrogen (secondary N) is 1. The lowest BCUT2D eigenvalue weighted by Gasteiger charge is -2.11. The zero-order valence-electron chi connectivity index (χ0n) is 9.81. The number of hydrogen-bond donors (Lipinski definition) is 1. The van der Waals surface area contributed by atoms with Crippen LogP contribution in [0.1, 0.15) is 5.56 Å². The minimum Gasteiger partial charge on any atom is -0.316 e. The minimum atomic E-state index is -0.453. The summed E-state index contributed by atoms with van der Waals surface area (Å²) in [5.74, 6) is -0.843. The van der Waals surface area contributed by atoms with Gasteiger partial charge < -0.3 is 5.32 Å². The van der Waals surface area contributed by atoms with Crippen LogP contribution in [0.15, 0.2) is 36.4 Å². The van der Waals surface area contributed by atoms with E-state index in [0.29, 0.717) is 22.7 Å². The predicted octanol–water partition coefficient (Wildman–Crippen LogP) is 4.00. The topological polar surface area (TPSA) is 12.0 Å². The third kappa shape index (κ3) is 2.68. The molecular weight excluding hydrogens is 256 g/mol. The van der Waals surface area contributed by atoms with Crippen LogP contribution in [0.5, 0.6) is 0 Å². The SMILES string of the molecule is CNCc1ccc(F)cc1-c1ccc(Cl)cc1F. The highest BCUT2D eigenvalue weighted by Gasteiger charge is 2.11. The van der Waals surface area contributed by atoms with E-state index < -0.39 is 5.82 Å². The van der Waals surface area contributed by atoms with Crippen LogP contribution in [0.3, 0.4) is 0 Å². The average Bonchev–Trinajstić information content (AvgIpc) is 2.32. The summed E-state index contributed by atoms with van der Waals surface area (Å²) in [7, 11) is 1.78. The molecule has 0 saturated heterocycles. The monoisotopic (exact) mass is 267 g/mol. The van der Waals surface area contributed by atoms with Gasteiger partial charge in [-0.3, -0.25) is 0 Å². The van der Waals surface area contributed by atoms with Gasteiger partial charge in [0, 0.05) is 17.1 Å². The van der Waals surface area contributed by atoms with E-state index in [-0.39, 0.29) is 5.82 Å². The lowest BCUT2D eigenvalue weighted by molar-refractivity contribution is 0.623. The van der Waals surface area contributed by atoms with Gasteiger partial charge in [0.05, 0.1) is 0 Å². The first-order valence-corrected chi connectivity index (χ1v) is 5.88. The number of halogens is 3. The Bertz CT molecular complexity index is 570. The van der Waals surface area contributed by atoms with Crippen molar-refractivity contribution >= 4 is 11.6 Å². The fourth-order valence-corrected chi connectivity index (χ4v) is 2.01. The van der Waals surface area contributed by atoms with Gasteiger partial charge in [-0.25, -0.2) is 8.78 Å². The summed E-state index contributed by atoms with van der Waals surface area (Å²) < 4.78 is 27.2. The lowest BCUT2D eigenvalue weighted by atomic mass is 9.99. The van der Waals surface area contributed by atoms with Gasteiger partial charge in [0.25, 0.3) is 0 Å². The molecule has 1 N–H and O–H groups in total. The Kier molecular flexibility index (Phi) is 3.94. The summed E-state index contributed by atoms with van der Waals surface area (Å²) in [6.45, 7) is 0.539. The minimum absolute atomic E-state index is 0.322. The molecule has 0 bridgehead atoms. The maximum absolute atomic E-state index is 13.9. The Balaban J connectivity index is 2.57. The fourth-order valence-electron chi connectivity index (χ4n) is 1.85. The molecule has 0 aliphatic carbocycles. The summed E-state index contributed by atoms with van der Waals surface area (Å²) >= 11 is 5.71. The van der Waals surface area contributed by atoms with Crippen LogP contribution in [-0.4, -0.2) is 7.05 Å². The molecule has 0 aliphatic rings. The second-order valence-corrected chi connectivity index (χ2v) is 4.39. The smallest absolute Gasteiger partial charge is 0.132 e. The van der Waals surface area contributed by atoms with Gasteiger partial charge >= 0.3 is 0 Å². The van der Waals surface area contributed by atoms with Crippen LogP contribution in [-0.2, 0) is 6.54 Å². The zero-order valence-corrected chi connectivity index (χ0v) is 10.6. The van der Waals surface area contributed by atoms with E-state index in [2.05, 4.69) is 5.32 Å². The van der Waals surface area contributed by atoms with Crippen molar-refractivity contribution in [2.24, 2.45) is 0 Å². The Hall–Kier alpha value is -1.45. The number of benzene rings is 2. The Morgan fingerprint density at radius 2 is 1.83 bits per heavy atom. The molecule has 0 unspecified atom stereocenters. The number of hydrogen-bond acceptors (Lipinski definition) is 1. The summed E-state index contributed by atoms with van der Waals surface area (Å²) in [4.78, 5) is 0. The molecule has 1 nitrogen and oxygen atoms in total. The Labute approximate surface area is 109 Å². The molecule has 0 aliphatic heterocycles. The molecule has 2 aromatic rings. The lowest BCUT2D eigenvalue weighted by Crippen LogP contribution is -2.07. The van der Waals surface area contributed by atoms with Gasteiger partial charge in [0.2, 0.25) is 0 Å². The molecule has 0 fully saturated rings. The van der Waals surface area contributed by atoms with Gasteiger partial charge in [-0.1, -0.05) is 17.7 Å². The van der Waals surface area contributed by atoms with E-state index in [4.69, 9.17) is 11.6 Å². The highest BCUT2D eigenvalue weighted by Crippen LogP contribution is 2.29. The first kappa shape index (κ1) is 13.0. The van der Waals surface area contributed by atoms with E-state index in [0.717, 1.165) is 5.56 Å². The van der Waals surface area contributed by atoms with E-state index >= 15 is 0 Å². The predicted molar refractivity (Wildman–Crippen MR) is 69.6 cm³/mol. The van der Waals surface area contributed by atoms with E-state index in [1.54, 1.807) is 25.2 Å². The summed E-state index contributed by atoms with van der Waals surface area (Å²) in [5, 5.41) is 3.30. The average molecular weight is 268 g/mol. The van der Waals surface area contributed by atoms with E-state index in [1.165, 1.54) is 18.2 Å². The van der Waals surface area contributed by atoms with Gasteiger partial charge in [0.15, 0.2) is 0 Å². The van der Waals surface area contributed by atoms with Crippen LogP contribution in [0.4, 0.5) is 8.78 Å². The third-order valence-electron chi connectivity index (χ3n) is 2.66. The maximum Gasteiger partial charge on any atom is 0.132 e. The molecule has 0 amide bonds. The summed E-state index contributed by atoms with van der Waals surface area (Å²) in [6.07, 6.45) is 0. The molecule has 0 atom stereocenters. The van der Waals surface area contributed by atoms with Crippen molar-refractivity contribution in [2.75, 3.05) is 7.05 Å². The molecule has 0 aromatic heterocycles. The quantitative estimate of drug-likeness (QED) is 0.886. The van der Waals surface area contributed by atoms with Crippen LogP contribution in [0.2, 0.25) is 5.02 Å². The van der Waals surface area contributed by atoms with Crippen molar-refractivity contribution in [3.8, 4) is 11.1 Å². The van der Waals surface area contributed by atoms with Crippen molar-refractivity contribution in [1.82, 2.24) is 5.32 Å². The van der Waals surface area contributed by atoms with Crippen molar-refractivity contribution < 1.29 is 8.78 Å². The molecule has 2 aromatic carbocycles. The molecule has 0 saturated carbocycles. The van der Waals surface area contributed by atoms with E-state index in [1.807, 2.05) is 0 Å². The highest BCUT2D eigenvalue weighted by molar-refractivity contribution is 6.30. The van der Waals surface area contributed by atoms with E-state index in [9.17, 15) is 8.78 Å². The van der Waals surface area contributed by atoms with Crippen molar-refractivity contribution in [1.29, 1.82) is 0 Å². The van der Waals surface area contributed by atoms with Gasteiger partial charge in [-0.05, 0) is 48.5 Å². The molecule has 2 rings (SSSR count). The van der Waals surface area contributed by atoms with Gasteiger partial charge in [-0.2, -0.15) is 0 Å². The largest absolute Gasteiger partial charge is 0.316 e. The highest BCUT2D eigenvalue weighted by atomic mass is 35.5. The van der Waals surface area contributed by atoms with Crippen LogP contribution < -0.4 is 5.32 Å². The van der Waals surface area contributed by atoms with Crippen LogP contribution >= 0.6 is 11.6 Å². The Morgan fingerprint density at radius 3 is 2.50 bits per heavy atom. The summed E-state index contributed by atoms with van der Waals surface area (Å²) in [5.41, 5.74) is 1.72. The van der Waals surface area contributed by atoms with Crippen molar-refractivity contribution in [3.05, 3.63) is 58.6 Å². The molecule has 94 valence electrons. The Morgan fingerprint density at radius 1 is 1.06 bits per heavy atom. The molecule has 0 heterocycles. The summed E-state index contributed by atoms with van der Waals surface area (Å²) in [6, 6.07) is 8.72. The molecule has 18 heavy (non-hydrogen) atoms. The second-order valence-electron chi connectivity index (χ2n) is 3.96. The molecule has 0 spiro atoms. The standard InChI is InChI=1S/C14H12ClF2N/c1-18-8-9-2-4-11(16)7-13(9)12-5-3-10(15)6-14(12)17/h2-7,18H,8H2,1H3. The normalized spacial score (nSPS) is 10.7. The van der Waals surface area contributed by atoms with Crippen molar-refractivity contribution in [2.45, 2.75) is 6.54 Å². The molecule has 0 radical (unpaired) electrons. The van der Waals surface area contributed by atoms with Crippen LogP contribution in [0.25, 0.3) is 11.1 Å². The maximum atomic E-state index is 13.9. The fraction of sp³-hybridized carbons (Fsp3) is 0.143. The first-order valence-electron chi connectivity index (χ1n) is 5.50. The van der Waals surface area contributed by atoms with Crippen LogP contribution in [0, 0.1) is 11.6 Å². The number of rotatable bonds is 3. The van der Waals surface area contributed by atoms with Crippen molar-refractivity contribution in [3.63, 3.8) is 0 Å². The van der Waals surface area contributed by atoms with Gasteiger partial charge in [0.1, 0.15) is 11.6 Å². The van der Waals surface area contributed by atoms with Gasteiger partial charge in [-0.15, -0.1) is 0 Å². The second kappa shape index (κ2) is 5.46.